The van der Waals surface area contributed by atoms with Gasteiger partial charge in [-0.3, -0.25) is 4.79 Å². The van der Waals surface area contributed by atoms with Gasteiger partial charge in [0.2, 0.25) is 0 Å². The standard InChI is InChI=1S/C12H12N2O2/c15-11(8-3-5-16-7-8)10-6-14-12-9(10)2-1-4-13-12/h1-2,4,6,8H,3,5,7H2,(H,13,14). The number of rotatable bonds is 2. The number of nitrogens with one attached hydrogen (secondary N) is 1. The molecule has 1 N–H and O–H groups in total. The van der Waals surface area contributed by atoms with Crippen LogP contribution in [0.2, 0.25) is 0 Å². The summed E-state index contributed by atoms with van der Waals surface area (Å²) in [4.78, 5) is 19.4. The summed E-state index contributed by atoms with van der Waals surface area (Å²) in [6.07, 6.45) is 4.29. The zero-order valence-corrected chi connectivity index (χ0v) is 8.77. The second-order valence-electron chi connectivity index (χ2n) is 4.03. The molecule has 0 aromatic carbocycles. The van der Waals surface area contributed by atoms with Crippen molar-refractivity contribution in [1.29, 1.82) is 0 Å². The molecule has 0 amide bonds. The highest BCUT2D eigenvalue weighted by molar-refractivity contribution is 6.08. The molecule has 4 nitrogen and oxygen atoms in total. The summed E-state index contributed by atoms with van der Waals surface area (Å²) in [5.74, 6) is 0.177. The van der Waals surface area contributed by atoms with Gasteiger partial charge in [0, 0.05) is 35.9 Å². The molecule has 1 aliphatic rings. The number of aromatic amines is 1. The summed E-state index contributed by atoms with van der Waals surface area (Å²) in [6, 6.07) is 3.76. The van der Waals surface area contributed by atoms with Crippen LogP contribution in [0.3, 0.4) is 0 Å². The predicted octanol–water partition coefficient (Wildman–Crippen LogP) is 1.78. The summed E-state index contributed by atoms with van der Waals surface area (Å²) in [6.45, 7) is 1.24. The minimum Gasteiger partial charge on any atom is -0.381 e. The second-order valence-corrected chi connectivity index (χ2v) is 4.03. The zero-order valence-electron chi connectivity index (χ0n) is 8.77. The van der Waals surface area contributed by atoms with Gasteiger partial charge < -0.3 is 9.72 Å². The van der Waals surface area contributed by atoms with Gasteiger partial charge >= 0.3 is 0 Å². The van der Waals surface area contributed by atoms with Crippen LogP contribution in [0.5, 0.6) is 0 Å². The summed E-state index contributed by atoms with van der Waals surface area (Å²) >= 11 is 0. The largest absolute Gasteiger partial charge is 0.381 e. The van der Waals surface area contributed by atoms with E-state index in [9.17, 15) is 4.79 Å². The number of carbonyl (C=O) groups is 1. The normalized spacial score (nSPS) is 20.4. The van der Waals surface area contributed by atoms with Crippen molar-refractivity contribution >= 4 is 16.8 Å². The Morgan fingerprint density at radius 3 is 3.31 bits per heavy atom. The van der Waals surface area contributed by atoms with E-state index >= 15 is 0 Å². The van der Waals surface area contributed by atoms with E-state index in [2.05, 4.69) is 9.97 Å². The topological polar surface area (TPSA) is 55.0 Å². The van der Waals surface area contributed by atoms with E-state index < -0.39 is 0 Å². The molecule has 4 heteroatoms. The fourth-order valence-electron chi connectivity index (χ4n) is 2.12. The average Bonchev–Trinajstić information content (AvgIpc) is 2.98. The van der Waals surface area contributed by atoms with E-state index in [1.165, 1.54) is 0 Å². The first kappa shape index (κ1) is 9.54. The van der Waals surface area contributed by atoms with Gasteiger partial charge in [-0.25, -0.2) is 4.98 Å². The van der Waals surface area contributed by atoms with Crippen molar-refractivity contribution < 1.29 is 9.53 Å². The van der Waals surface area contributed by atoms with Crippen LogP contribution in [0, 0.1) is 5.92 Å². The lowest BCUT2D eigenvalue weighted by Crippen LogP contribution is -2.14. The molecular formula is C12H12N2O2. The number of ether oxygens (including phenoxy) is 1. The molecule has 2 aromatic rings. The number of carbonyl (C=O) groups excluding carboxylic acids is 1. The molecule has 1 fully saturated rings. The quantitative estimate of drug-likeness (QED) is 0.778. The van der Waals surface area contributed by atoms with Gasteiger partial charge in [-0.05, 0) is 18.6 Å². The number of pyridine rings is 1. The van der Waals surface area contributed by atoms with Crippen molar-refractivity contribution in [2.75, 3.05) is 13.2 Å². The van der Waals surface area contributed by atoms with Crippen molar-refractivity contribution in [2.24, 2.45) is 5.92 Å². The molecule has 0 radical (unpaired) electrons. The lowest BCUT2D eigenvalue weighted by atomic mass is 9.97. The van der Waals surface area contributed by atoms with E-state index in [4.69, 9.17) is 4.74 Å². The molecule has 1 atom stereocenters. The van der Waals surface area contributed by atoms with Crippen LogP contribution < -0.4 is 0 Å². The van der Waals surface area contributed by atoms with E-state index in [0.717, 1.165) is 23.0 Å². The number of nitrogens with zero attached hydrogens (tertiary/aromatic N) is 1. The molecular weight excluding hydrogens is 204 g/mol. The summed E-state index contributed by atoms with van der Waals surface area (Å²) in [5.41, 5.74) is 1.50. The lowest BCUT2D eigenvalue weighted by molar-refractivity contribution is 0.0902. The SMILES string of the molecule is O=C(c1c[nH]c2ncccc12)C1CCOC1. The molecule has 0 spiro atoms. The lowest BCUT2D eigenvalue weighted by Gasteiger charge is -2.04. The highest BCUT2D eigenvalue weighted by atomic mass is 16.5. The van der Waals surface area contributed by atoms with Gasteiger partial charge in [-0.15, -0.1) is 0 Å². The highest BCUT2D eigenvalue weighted by Crippen LogP contribution is 2.23. The number of H-pyrrole nitrogens is 1. The van der Waals surface area contributed by atoms with E-state index in [-0.39, 0.29) is 11.7 Å². The first-order valence-corrected chi connectivity index (χ1v) is 5.40. The monoisotopic (exact) mass is 216 g/mol. The zero-order chi connectivity index (χ0) is 11.0. The third-order valence-corrected chi connectivity index (χ3v) is 3.02. The predicted molar refractivity (Wildman–Crippen MR) is 59.4 cm³/mol. The van der Waals surface area contributed by atoms with Gasteiger partial charge in [0.15, 0.2) is 5.78 Å². The molecule has 1 aliphatic heterocycles. The van der Waals surface area contributed by atoms with Crippen LogP contribution in [-0.2, 0) is 4.74 Å². The number of Topliss-reactive ketones (excluding diaryl/α,β-unsaturated/α-hetero) is 1. The summed E-state index contributed by atoms with van der Waals surface area (Å²) in [7, 11) is 0. The number of hydrogen-bond donors (Lipinski definition) is 1. The van der Waals surface area contributed by atoms with Crippen LogP contribution in [0.4, 0.5) is 0 Å². The Hall–Kier alpha value is -1.68. The van der Waals surface area contributed by atoms with Crippen molar-refractivity contribution in [3.8, 4) is 0 Å². The van der Waals surface area contributed by atoms with Crippen molar-refractivity contribution in [3.05, 3.63) is 30.1 Å². The molecule has 1 unspecified atom stereocenters. The van der Waals surface area contributed by atoms with Crippen LogP contribution in [0.15, 0.2) is 24.5 Å². The number of fused-ring (bicyclic) bond motifs is 1. The Labute approximate surface area is 92.6 Å². The number of hydrogen-bond acceptors (Lipinski definition) is 3. The molecule has 16 heavy (non-hydrogen) atoms. The Balaban J connectivity index is 2.02. The van der Waals surface area contributed by atoms with E-state index in [0.29, 0.717) is 13.2 Å². The van der Waals surface area contributed by atoms with E-state index in [1.807, 2.05) is 12.1 Å². The van der Waals surface area contributed by atoms with Gasteiger partial charge in [-0.1, -0.05) is 0 Å². The average molecular weight is 216 g/mol. The van der Waals surface area contributed by atoms with Gasteiger partial charge in [-0.2, -0.15) is 0 Å². The van der Waals surface area contributed by atoms with Crippen LogP contribution in [0.1, 0.15) is 16.8 Å². The highest BCUT2D eigenvalue weighted by Gasteiger charge is 2.26. The first-order chi connectivity index (χ1) is 7.86. The minimum atomic E-state index is 0.0132. The van der Waals surface area contributed by atoms with Gasteiger partial charge in [0.05, 0.1) is 6.61 Å². The Bertz CT molecular complexity index is 527. The second kappa shape index (κ2) is 3.72. The Kier molecular flexibility index (Phi) is 2.22. The molecule has 3 heterocycles. The molecule has 2 aromatic heterocycles. The molecule has 0 saturated carbocycles. The van der Waals surface area contributed by atoms with Crippen molar-refractivity contribution in [2.45, 2.75) is 6.42 Å². The minimum absolute atomic E-state index is 0.0132. The smallest absolute Gasteiger partial charge is 0.170 e. The Morgan fingerprint density at radius 1 is 1.56 bits per heavy atom. The summed E-state index contributed by atoms with van der Waals surface area (Å²) in [5, 5.41) is 0.902. The molecule has 0 bridgehead atoms. The number of aromatic nitrogens is 2. The fourth-order valence-corrected chi connectivity index (χ4v) is 2.12. The van der Waals surface area contributed by atoms with Gasteiger partial charge in [0.25, 0.3) is 0 Å². The van der Waals surface area contributed by atoms with Crippen molar-refractivity contribution in [1.82, 2.24) is 9.97 Å². The maximum Gasteiger partial charge on any atom is 0.170 e. The fraction of sp³-hybridized carbons (Fsp3) is 0.333. The van der Waals surface area contributed by atoms with E-state index in [1.54, 1.807) is 12.4 Å². The third-order valence-electron chi connectivity index (χ3n) is 3.02. The van der Waals surface area contributed by atoms with Crippen molar-refractivity contribution in [3.63, 3.8) is 0 Å². The maximum atomic E-state index is 12.2. The maximum absolute atomic E-state index is 12.2. The van der Waals surface area contributed by atoms with Crippen LogP contribution in [-0.4, -0.2) is 29.0 Å². The third kappa shape index (κ3) is 1.42. The van der Waals surface area contributed by atoms with Crippen LogP contribution in [0.25, 0.3) is 11.0 Å². The molecule has 0 aliphatic carbocycles. The molecule has 82 valence electrons. The van der Waals surface area contributed by atoms with Gasteiger partial charge in [0.1, 0.15) is 5.65 Å². The summed E-state index contributed by atoms with van der Waals surface area (Å²) < 4.78 is 5.24. The first-order valence-electron chi connectivity index (χ1n) is 5.40. The van der Waals surface area contributed by atoms with Crippen LogP contribution >= 0.6 is 0 Å². The Morgan fingerprint density at radius 2 is 2.50 bits per heavy atom. The number of ketones is 1. The molecule has 1 saturated heterocycles. The molecule has 3 rings (SSSR count).